The van der Waals surface area contributed by atoms with Crippen LogP contribution in [0.3, 0.4) is 0 Å². The number of rotatable bonds is 2. The molecule has 98 valence electrons. The third kappa shape index (κ3) is 2.25. The van der Waals surface area contributed by atoms with Crippen LogP contribution in [0.4, 0.5) is 5.69 Å². The van der Waals surface area contributed by atoms with Crippen molar-refractivity contribution in [3.63, 3.8) is 0 Å². The molecule has 2 heterocycles. The number of fused-ring (bicyclic) bond motifs is 1. The first-order valence-corrected chi connectivity index (χ1v) is 6.80. The molecule has 3 rings (SSSR count). The summed E-state index contributed by atoms with van der Waals surface area (Å²) in [5.74, 6) is 0. The average molecular weight is 246 g/mol. The number of benzene rings is 1. The third-order valence-corrected chi connectivity index (χ3v) is 4.10. The summed E-state index contributed by atoms with van der Waals surface area (Å²) in [5.41, 5.74) is 9.72. The molecule has 3 heteroatoms. The molecule has 2 aliphatic heterocycles. The van der Waals surface area contributed by atoms with Crippen molar-refractivity contribution < 1.29 is 4.74 Å². The van der Waals surface area contributed by atoms with Crippen molar-refractivity contribution in [3.8, 4) is 0 Å². The highest BCUT2D eigenvalue weighted by Crippen LogP contribution is 2.32. The Morgan fingerprint density at radius 1 is 1.39 bits per heavy atom. The molecule has 1 aromatic carbocycles. The summed E-state index contributed by atoms with van der Waals surface area (Å²) in [6.07, 6.45) is 2.73. The Bertz CT molecular complexity index is 456. The molecule has 1 saturated heterocycles. The Balaban J connectivity index is 1.63. The summed E-state index contributed by atoms with van der Waals surface area (Å²) in [4.78, 5) is 2.45. The zero-order valence-electron chi connectivity index (χ0n) is 11.3. The molecule has 0 bridgehead atoms. The lowest BCUT2D eigenvalue weighted by Crippen LogP contribution is -2.30. The quantitative estimate of drug-likeness (QED) is 0.815. The Hall–Kier alpha value is -1.06. The maximum Gasteiger partial charge on any atom is 0.0710 e. The van der Waals surface area contributed by atoms with E-state index >= 15 is 0 Å². The predicted octanol–water partition coefficient (Wildman–Crippen LogP) is 2.54. The van der Waals surface area contributed by atoms with Crippen molar-refractivity contribution in [1.29, 1.82) is 0 Å². The molecule has 1 aromatic rings. The lowest BCUT2D eigenvalue weighted by atomic mass is 10.1. The van der Waals surface area contributed by atoms with Crippen molar-refractivity contribution in [2.24, 2.45) is 0 Å². The van der Waals surface area contributed by atoms with E-state index in [4.69, 9.17) is 10.5 Å². The highest BCUT2D eigenvalue weighted by Gasteiger charge is 2.33. The normalized spacial score (nSPS) is 26.4. The van der Waals surface area contributed by atoms with E-state index in [1.165, 1.54) is 24.0 Å². The molecule has 2 N–H and O–H groups in total. The lowest BCUT2D eigenvalue weighted by Gasteiger charge is -2.23. The van der Waals surface area contributed by atoms with E-state index in [-0.39, 0.29) is 5.60 Å². The van der Waals surface area contributed by atoms with E-state index in [2.05, 4.69) is 24.8 Å². The first-order chi connectivity index (χ1) is 8.53. The number of hydrogen-bond donors (Lipinski definition) is 1. The van der Waals surface area contributed by atoms with Crippen molar-refractivity contribution in [2.45, 2.75) is 51.5 Å². The summed E-state index contributed by atoms with van der Waals surface area (Å²) < 4.78 is 6.07. The summed E-state index contributed by atoms with van der Waals surface area (Å²) in [7, 11) is 0. The molecule has 1 fully saturated rings. The van der Waals surface area contributed by atoms with Gasteiger partial charge in [0.05, 0.1) is 11.7 Å². The van der Waals surface area contributed by atoms with Crippen LogP contribution in [0.2, 0.25) is 0 Å². The molecule has 1 atom stereocenters. The van der Waals surface area contributed by atoms with E-state index in [1.807, 2.05) is 12.1 Å². The molecule has 0 amide bonds. The Labute approximate surface area is 109 Å². The second-order valence-electron chi connectivity index (χ2n) is 6.19. The fourth-order valence-electron chi connectivity index (χ4n) is 3.14. The zero-order chi connectivity index (χ0) is 12.8. The molecule has 0 aliphatic carbocycles. The van der Waals surface area contributed by atoms with Gasteiger partial charge in [-0.15, -0.1) is 0 Å². The highest BCUT2D eigenvalue weighted by molar-refractivity contribution is 5.52. The van der Waals surface area contributed by atoms with Crippen LogP contribution in [0.1, 0.15) is 37.8 Å². The monoisotopic (exact) mass is 246 g/mol. The number of nitrogens with zero attached hydrogens (tertiary/aromatic N) is 1. The van der Waals surface area contributed by atoms with Crippen molar-refractivity contribution in [1.82, 2.24) is 4.90 Å². The minimum Gasteiger partial charge on any atom is -0.398 e. The maximum absolute atomic E-state index is 6.07. The largest absolute Gasteiger partial charge is 0.398 e. The minimum atomic E-state index is 0.0657. The number of nitrogens with two attached hydrogens (primary N) is 1. The van der Waals surface area contributed by atoms with E-state index in [9.17, 15) is 0 Å². The van der Waals surface area contributed by atoms with Gasteiger partial charge in [-0.3, -0.25) is 4.90 Å². The first-order valence-electron chi connectivity index (χ1n) is 6.80. The predicted molar refractivity (Wildman–Crippen MR) is 73.2 cm³/mol. The molecular weight excluding hydrogens is 224 g/mol. The molecule has 0 saturated carbocycles. The van der Waals surface area contributed by atoms with Crippen LogP contribution in [0.5, 0.6) is 0 Å². The summed E-state index contributed by atoms with van der Waals surface area (Å²) >= 11 is 0. The molecule has 18 heavy (non-hydrogen) atoms. The van der Waals surface area contributed by atoms with Gasteiger partial charge in [-0.1, -0.05) is 12.1 Å². The smallest absolute Gasteiger partial charge is 0.0710 e. The average Bonchev–Trinajstić information content (AvgIpc) is 2.83. The summed E-state index contributed by atoms with van der Waals surface area (Å²) in [5, 5.41) is 0. The van der Waals surface area contributed by atoms with Gasteiger partial charge in [0, 0.05) is 25.3 Å². The fraction of sp³-hybridized carbons (Fsp3) is 0.600. The number of nitrogen functional groups attached to an aromatic ring is 1. The van der Waals surface area contributed by atoms with E-state index < -0.39 is 0 Å². The SMILES string of the molecule is CC1(C)CCC(CN2Cc3cccc(N)c3C2)O1. The molecule has 0 spiro atoms. The Morgan fingerprint density at radius 2 is 2.22 bits per heavy atom. The molecule has 0 aromatic heterocycles. The van der Waals surface area contributed by atoms with Crippen LogP contribution >= 0.6 is 0 Å². The highest BCUT2D eigenvalue weighted by atomic mass is 16.5. The second kappa shape index (κ2) is 4.25. The van der Waals surface area contributed by atoms with Gasteiger partial charge < -0.3 is 10.5 Å². The van der Waals surface area contributed by atoms with Crippen molar-refractivity contribution in [2.75, 3.05) is 12.3 Å². The number of anilines is 1. The third-order valence-electron chi connectivity index (χ3n) is 4.10. The van der Waals surface area contributed by atoms with E-state index in [1.54, 1.807) is 0 Å². The fourth-order valence-corrected chi connectivity index (χ4v) is 3.14. The van der Waals surface area contributed by atoms with Crippen molar-refractivity contribution in [3.05, 3.63) is 29.3 Å². The first kappa shape index (κ1) is 12.0. The second-order valence-corrected chi connectivity index (χ2v) is 6.19. The number of hydrogen-bond acceptors (Lipinski definition) is 3. The van der Waals surface area contributed by atoms with Crippen LogP contribution < -0.4 is 5.73 Å². The van der Waals surface area contributed by atoms with Gasteiger partial charge in [-0.2, -0.15) is 0 Å². The van der Waals surface area contributed by atoms with E-state index in [0.717, 1.165) is 25.3 Å². The van der Waals surface area contributed by atoms with Crippen LogP contribution in [0.15, 0.2) is 18.2 Å². The molecule has 0 radical (unpaired) electrons. The minimum absolute atomic E-state index is 0.0657. The maximum atomic E-state index is 6.07. The van der Waals surface area contributed by atoms with Crippen molar-refractivity contribution >= 4 is 5.69 Å². The van der Waals surface area contributed by atoms with Crippen LogP contribution in [0, 0.1) is 0 Å². The standard InChI is InChI=1S/C15H22N2O/c1-15(2)7-6-12(18-15)9-17-8-11-4-3-5-14(16)13(11)10-17/h3-5,12H,6-10,16H2,1-2H3. The van der Waals surface area contributed by atoms with Gasteiger partial charge in [-0.05, 0) is 43.9 Å². The van der Waals surface area contributed by atoms with Gasteiger partial charge in [0.15, 0.2) is 0 Å². The molecule has 3 nitrogen and oxygen atoms in total. The van der Waals surface area contributed by atoms with E-state index in [0.29, 0.717) is 6.10 Å². The summed E-state index contributed by atoms with van der Waals surface area (Å²) in [6, 6.07) is 6.23. The molecule has 1 unspecified atom stereocenters. The van der Waals surface area contributed by atoms with Gasteiger partial charge in [0.2, 0.25) is 0 Å². The Kier molecular flexibility index (Phi) is 2.83. The number of ether oxygens (including phenoxy) is 1. The van der Waals surface area contributed by atoms with Crippen LogP contribution in [-0.4, -0.2) is 23.1 Å². The van der Waals surface area contributed by atoms with Crippen LogP contribution in [-0.2, 0) is 17.8 Å². The Morgan fingerprint density at radius 3 is 2.89 bits per heavy atom. The molecule has 2 aliphatic rings. The lowest BCUT2D eigenvalue weighted by molar-refractivity contribution is -0.0292. The van der Waals surface area contributed by atoms with Gasteiger partial charge in [-0.25, -0.2) is 0 Å². The van der Waals surface area contributed by atoms with Crippen LogP contribution in [0.25, 0.3) is 0 Å². The van der Waals surface area contributed by atoms with Gasteiger partial charge >= 0.3 is 0 Å². The van der Waals surface area contributed by atoms with Gasteiger partial charge in [0.25, 0.3) is 0 Å². The topological polar surface area (TPSA) is 38.5 Å². The zero-order valence-corrected chi connectivity index (χ0v) is 11.3. The summed E-state index contributed by atoms with van der Waals surface area (Å²) in [6.45, 7) is 7.38. The van der Waals surface area contributed by atoms with Gasteiger partial charge in [0.1, 0.15) is 0 Å². The molecular formula is C15H22N2O.